The van der Waals surface area contributed by atoms with Crippen molar-refractivity contribution in [1.82, 2.24) is 25.3 Å². The second-order valence-corrected chi connectivity index (χ2v) is 6.98. The minimum absolute atomic E-state index is 0.130. The van der Waals surface area contributed by atoms with E-state index in [0.717, 1.165) is 25.7 Å². The highest BCUT2D eigenvalue weighted by Gasteiger charge is 2.28. The molecule has 4 N–H and O–H groups in total. The fourth-order valence-electron chi connectivity index (χ4n) is 3.65. The highest BCUT2D eigenvalue weighted by molar-refractivity contribution is 5.95. The summed E-state index contributed by atoms with van der Waals surface area (Å²) in [5.74, 6) is -0.0470. The van der Waals surface area contributed by atoms with Crippen molar-refractivity contribution in [2.45, 2.75) is 51.5 Å². The van der Waals surface area contributed by atoms with Gasteiger partial charge >= 0.3 is 0 Å². The molecule has 0 spiro atoms. The summed E-state index contributed by atoms with van der Waals surface area (Å²) >= 11 is 0. The zero-order valence-electron chi connectivity index (χ0n) is 15.3. The van der Waals surface area contributed by atoms with E-state index in [1.165, 1.54) is 29.4 Å². The Morgan fingerprint density at radius 1 is 1.33 bits per heavy atom. The van der Waals surface area contributed by atoms with Gasteiger partial charge < -0.3 is 11.1 Å². The van der Waals surface area contributed by atoms with E-state index >= 15 is 0 Å². The molecule has 0 aromatic carbocycles. The van der Waals surface area contributed by atoms with Crippen LogP contribution in [0, 0.1) is 12.8 Å². The number of primary amides is 1. The van der Waals surface area contributed by atoms with Gasteiger partial charge in [-0.2, -0.15) is 10.2 Å². The van der Waals surface area contributed by atoms with E-state index in [0.29, 0.717) is 17.1 Å². The van der Waals surface area contributed by atoms with Gasteiger partial charge in [-0.15, -0.1) is 0 Å². The number of H-pyrrole nitrogens is 1. The Labute approximate surface area is 156 Å². The Hall–Kier alpha value is -2.97. The number of aromatic amines is 1. The Morgan fingerprint density at radius 3 is 2.70 bits per heavy atom. The van der Waals surface area contributed by atoms with Crippen LogP contribution >= 0.6 is 0 Å². The van der Waals surface area contributed by atoms with Crippen LogP contribution in [0.5, 0.6) is 0 Å². The lowest BCUT2D eigenvalue weighted by atomic mass is 9.82. The quantitative estimate of drug-likeness (QED) is 0.690. The van der Waals surface area contributed by atoms with Gasteiger partial charge in [0.05, 0.1) is 17.5 Å². The van der Waals surface area contributed by atoms with Crippen LogP contribution in [0.3, 0.4) is 0 Å². The fraction of sp³-hybridized carbons (Fsp3) is 0.500. The maximum atomic E-state index is 12.8. The van der Waals surface area contributed by atoms with E-state index < -0.39 is 5.91 Å². The summed E-state index contributed by atoms with van der Waals surface area (Å²) in [5, 5.41) is 13.4. The van der Waals surface area contributed by atoms with Gasteiger partial charge in [0.25, 0.3) is 11.5 Å². The number of carbonyl (C=O) groups is 2. The van der Waals surface area contributed by atoms with Crippen LogP contribution in [0.4, 0.5) is 0 Å². The molecule has 2 aromatic rings. The number of nitrogens with zero attached hydrogens (tertiary/aromatic N) is 3. The Bertz CT molecular complexity index is 861. The minimum atomic E-state index is -0.421. The highest BCUT2D eigenvalue weighted by Crippen LogP contribution is 2.28. The van der Waals surface area contributed by atoms with Gasteiger partial charge in [-0.25, -0.2) is 9.78 Å². The number of aromatic nitrogens is 4. The average molecular weight is 372 g/mol. The molecule has 1 atom stereocenters. The van der Waals surface area contributed by atoms with Crippen molar-refractivity contribution in [3.8, 4) is 5.82 Å². The van der Waals surface area contributed by atoms with E-state index in [1.807, 2.05) is 0 Å². The summed E-state index contributed by atoms with van der Waals surface area (Å²) in [6, 6.07) is 2.59. The molecule has 27 heavy (non-hydrogen) atoms. The molecule has 0 bridgehead atoms. The summed E-state index contributed by atoms with van der Waals surface area (Å²) < 4.78 is 1.48. The third-order valence-electron chi connectivity index (χ3n) is 5.09. The van der Waals surface area contributed by atoms with E-state index in [1.54, 1.807) is 6.92 Å². The van der Waals surface area contributed by atoms with Crippen LogP contribution in [0.1, 0.15) is 54.6 Å². The zero-order chi connectivity index (χ0) is 19.4. The van der Waals surface area contributed by atoms with Crippen molar-refractivity contribution in [3.05, 3.63) is 39.9 Å². The Kier molecular flexibility index (Phi) is 5.68. The lowest BCUT2D eigenvalue weighted by Gasteiger charge is -2.30. The van der Waals surface area contributed by atoms with Crippen LogP contribution in [0.25, 0.3) is 5.82 Å². The van der Waals surface area contributed by atoms with E-state index in [2.05, 4.69) is 20.6 Å². The van der Waals surface area contributed by atoms with Crippen molar-refractivity contribution < 1.29 is 9.59 Å². The van der Waals surface area contributed by atoms with E-state index in [9.17, 15) is 14.4 Å². The van der Waals surface area contributed by atoms with Gasteiger partial charge in [0.2, 0.25) is 5.91 Å². The Morgan fingerprint density at radius 2 is 2.07 bits per heavy atom. The van der Waals surface area contributed by atoms with Crippen LogP contribution < -0.4 is 16.6 Å². The van der Waals surface area contributed by atoms with Crippen molar-refractivity contribution in [2.24, 2.45) is 11.7 Å². The third-order valence-corrected chi connectivity index (χ3v) is 5.09. The number of hydrogen-bond acceptors (Lipinski definition) is 5. The SMILES string of the molecule is Cc1c(C(=O)NC(CC(N)=O)C2CCCCC2)cnn1-c1ccc(=O)[nH]n1. The highest BCUT2D eigenvalue weighted by atomic mass is 16.2. The molecule has 0 radical (unpaired) electrons. The Balaban J connectivity index is 1.78. The summed E-state index contributed by atoms with van der Waals surface area (Å²) in [6.45, 7) is 1.75. The average Bonchev–Trinajstić information content (AvgIpc) is 3.04. The number of carbonyl (C=O) groups excluding carboxylic acids is 2. The van der Waals surface area contributed by atoms with Gasteiger partial charge in [0.1, 0.15) is 0 Å². The second kappa shape index (κ2) is 8.15. The number of nitrogens with two attached hydrogens (primary N) is 1. The van der Waals surface area contributed by atoms with Crippen LogP contribution in [-0.4, -0.2) is 37.8 Å². The molecular formula is C18H24N6O3. The lowest BCUT2D eigenvalue weighted by Crippen LogP contribution is -2.43. The van der Waals surface area contributed by atoms with Crippen molar-refractivity contribution in [2.75, 3.05) is 0 Å². The van der Waals surface area contributed by atoms with Gasteiger partial charge in [0.15, 0.2) is 5.82 Å². The molecule has 0 saturated heterocycles. The largest absolute Gasteiger partial charge is 0.370 e. The molecule has 1 saturated carbocycles. The smallest absolute Gasteiger partial charge is 0.264 e. The minimum Gasteiger partial charge on any atom is -0.370 e. The molecular weight excluding hydrogens is 348 g/mol. The van der Waals surface area contributed by atoms with Crippen molar-refractivity contribution in [3.63, 3.8) is 0 Å². The first-order valence-electron chi connectivity index (χ1n) is 9.15. The molecule has 144 valence electrons. The fourth-order valence-corrected chi connectivity index (χ4v) is 3.65. The molecule has 3 rings (SSSR count). The maximum Gasteiger partial charge on any atom is 0.264 e. The number of nitrogens with one attached hydrogen (secondary N) is 2. The van der Waals surface area contributed by atoms with Gasteiger partial charge in [-0.1, -0.05) is 19.3 Å². The summed E-state index contributed by atoms with van der Waals surface area (Å²) in [7, 11) is 0. The molecule has 1 aliphatic rings. The van der Waals surface area contributed by atoms with E-state index in [4.69, 9.17) is 5.73 Å². The summed E-state index contributed by atoms with van der Waals surface area (Å²) in [6.07, 6.45) is 6.95. The molecule has 9 heteroatoms. The first-order chi connectivity index (χ1) is 13.0. The van der Waals surface area contributed by atoms with Gasteiger partial charge in [-0.3, -0.25) is 14.4 Å². The first kappa shape index (κ1) is 18.8. The van der Waals surface area contributed by atoms with Crippen molar-refractivity contribution >= 4 is 11.8 Å². The molecule has 1 unspecified atom stereocenters. The topological polar surface area (TPSA) is 136 Å². The number of hydrogen-bond donors (Lipinski definition) is 3. The standard InChI is InChI=1S/C18H24N6O3/c1-11-13(10-20-24(11)16-7-8-17(26)23-22-16)18(27)21-14(9-15(19)25)12-5-3-2-4-6-12/h7-8,10,12,14H,2-6,9H2,1H3,(H2,19,25)(H,21,27)(H,23,26). The molecule has 1 aliphatic carbocycles. The van der Waals surface area contributed by atoms with Crippen LogP contribution in [0.15, 0.2) is 23.1 Å². The van der Waals surface area contributed by atoms with E-state index in [-0.39, 0.29) is 29.8 Å². The lowest BCUT2D eigenvalue weighted by molar-refractivity contribution is -0.118. The van der Waals surface area contributed by atoms with Crippen molar-refractivity contribution in [1.29, 1.82) is 0 Å². The van der Waals surface area contributed by atoms with Crippen LogP contribution in [0.2, 0.25) is 0 Å². The molecule has 0 aliphatic heterocycles. The van der Waals surface area contributed by atoms with Gasteiger partial charge in [0, 0.05) is 18.5 Å². The number of rotatable bonds is 6. The molecule has 9 nitrogen and oxygen atoms in total. The summed E-state index contributed by atoms with van der Waals surface area (Å²) in [5.41, 5.74) is 6.06. The molecule has 1 fully saturated rings. The predicted octanol–water partition coefficient (Wildman–Crippen LogP) is 0.818. The molecule has 2 heterocycles. The third kappa shape index (κ3) is 4.42. The zero-order valence-corrected chi connectivity index (χ0v) is 15.3. The number of amides is 2. The van der Waals surface area contributed by atoms with Gasteiger partial charge in [-0.05, 0) is 31.7 Å². The predicted molar refractivity (Wildman–Crippen MR) is 98.4 cm³/mol. The first-order valence-corrected chi connectivity index (χ1v) is 9.15. The molecule has 2 aromatic heterocycles. The van der Waals surface area contributed by atoms with Crippen LogP contribution in [-0.2, 0) is 4.79 Å². The second-order valence-electron chi connectivity index (χ2n) is 6.98. The maximum absolute atomic E-state index is 12.8. The normalized spacial score (nSPS) is 16.0. The molecule has 2 amide bonds. The monoisotopic (exact) mass is 372 g/mol. The summed E-state index contributed by atoms with van der Waals surface area (Å²) in [4.78, 5) is 35.4.